The van der Waals surface area contributed by atoms with Crippen molar-refractivity contribution >= 4 is 55.2 Å². The molecule has 8 heteroatoms. The molecule has 0 atom stereocenters. The van der Waals surface area contributed by atoms with Gasteiger partial charge in [-0.15, -0.1) is 70.6 Å². The molecule has 0 spiro atoms. The second-order valence-corrected chi connectivity index (χ2v) is 16.3. The molecule has 6 aromatic rings. The average Bonchev–Trinajstić information content (AvgIpc) is 3.78. The number of rotatable bonds is 3. The summed E-state index contributed by atoms with van der Waals surface area (Å²) in [6.07, 6.45) is 5.55. The standard InChI is InChI=1S/C21H25.C13H10.C11H4F5.2ClH.Hf/c1-20(2,3)16-7-9-18-14(12-16)11-15-13-17(21(4,5)6)8-10-19(15)18;1-3-7-12(8-4-1)11-13-9-5-2-6-10-13;12-7-6(5-3-1-2-4-5)8(13)10(15)11(16)9(7)14;;;/h7-13H,1-6H3;1-10H;1,3H,2H2;2*1H;/q-1;;-1;;;+2. The summed E-state index contributed by atoms with van der Waals surface area (Å²) in [5.74, 6) is -9.69. The van der Waals surface area contributed by atoms with E-state index in [-0.39, 0.29) is 47.6 Å². The van der Waals surface area contributed by atoms with Crippen molar-refractivity contribution in [3.63, 3.8) is 0 Å². The van der Waals surface area contributed by atoms with Crippen molar-refractivity contribution in [3.05, 3.63) is 178 Å². The first-order valence-corrected chi connectivity index (χ1v) is 18.5. The zero-order chi connectivity index (χ0) is 37.1. The van der Waals surface area contributed by atoms with Gasteiger partial charge in [0.15, 0.2) is 17.5 Å². The van der Waals surface area contributed by atoms with Crippen LogP contribution in [0.3, 0.4) is 0 Å². The first kappa shape index (κ1) is 43.8. The quantitative estimate of drug-likeness (QED) is 0.0545. The monoisotopic (exact) mass is 926 g/mol. The number of hydrogen-bond acceptors (Lipinski definition) is 0. The van der Waals surface area contributed by atoms with Gasteiger partial charge in [0.2, 0.25) is 0 Å². The second kappa shape index (κ2) is 18.2. The van der Waals surface area contributed by atoms with Gasteiger partial charge in [-0.1, -0.05) is 88.9 Å². The topological polar surface area (TPSA) is 0 Å². The molecule has 0 fully saturated rings. The molecule has 1 aliphatic rings. The van der Waals surface area contributed by atoms with E-state index < -0.39 is 34.6 Å². The van der Waals surface area contributed by atoms with Gasteiger partial charge in [-0.2, -0.15) is 17.7 Å². The molecule has 6 aromatic carbocycles. The van der Waals surface area contributed by atoms with E-state index in [0.717, 1.165) is 23.9 Å². The third kappa shape index (κ3) is 10.1. The molecule has 0 saturated carbocycles. The van der Waals surface area contributed by atoms with Gasteiger partial charge in [0, 0.05) is 0 Å². The average molecular weight is 926 g/mol. The van der Waals surface area contributed by atoms with E-state index in [1.54, 1.807) is 0 Å². The Labute approximate surface area is 336 Å². The van der Waals surface area contributed by atoms with Crippen LogP contribution in [0.15, 0.2) is 115 Å². The minimum atomic E-state index is -2.15. The molecule has 1 aliphatic carbocycles. The SMILES string of the molecule is CC(C)(C)c1ccc2c(c1)[cH-]c1cc(C(C)(C)C)ccc12.Cl.Cl.Fc1c(F)c(F)c(C2=[C-]CC=C2)c(F)c1F.[Hf+2]=[C](c1ccccc1)c1ccccc1. The molecule has 0 saturated heterocycles. The molecule has 0 aliphatic heterocycles. The van der Waals surface area contributed by atoms with Crippen molar-refractivity contribution in [2.75, 3.05) is 0 Å². The van der Waals surface area contributed by atoms with Crippen molar-refractivity contribution in [1.82, 2.24) is 0 Å². The molecule has 0 radical (unpaired) electrons. The fourth-order valence-electron chi connectivity index (χ4n) is 5.75. The molecule has 274 valence electrons. The van der Waals surface area contributed by atoms with Crippen molar-refractivity contribution < 1.29 is 45.8 Å². The zero-order valence-corrected chi connectivity index (χ0v) is 35.6. The normalized spacial score (nSPS) is 12.2. The van der Waals surface area contributed by atoms with Crippen LogP contribution >= 0.6 is 24.8 Å². The number of halogens is 7. The van der Waals surface area contributed by atoms with Gasteiger partial charge in [-0.25, -0.2) is 22.0 Å². The minimum absolute atomic E-state index is 0. The zero-order valence-electron chi connectivity index (χ0n) is 30.4. The molecule has 0 unspecified atom stereocenters. The van der Waals surface area contributed by atoms with Gasteiger partial charge in [0.25, 0.3) is 0 Å². The maximum absolute atomic E-state index is 13.2. The van der Waals surface area contributed by atoms with Crippen molar-refractivity contribution in [3.8, 4) is 0 Å². The van der Waals surface area contributed by atoms with Gasteiger partial charge in [0.05, 0.1) is 0 Å². The van der Waals surface area contributed by atoms with E-state index in [4.69, 9.17) is 0 Å². The van der Waals surface area contributed by atoms with E-state index >= 15 is 0 Å². The van der Waals surface area contributed by atoms with Crippen LogP contribution in [0.1, 0.15) is 75.8 Å². The summed E-state index contributed by atoms with van der Waals surface area (Å²) >= 11 is 1.08. The van der Waals surface area contributed by atoms with E-state index in [0.29, 0.717) is 0 Å². The number of benzene rings is 5. The molecular formula is C45H41Cl2F5Hf. The molecule has 0 bridgehead atoms. The molecule has 0 nitrogen and oxygen atoms in total. The molecular weight excluding hydrogens is 885 g/mol. The Balaban J connectivity index is 0.000000215. The van der Waals surface area contributed by atoms with Crippen LogP contribution in [0.4, 0.5) is 22.0 Å². The molecule has 0 amide bonds. The van der Waals surface area contributed by atoms with Crippen LogP contribution in [0.25, 0.3) is 27.1 Å². The Kier molecular flexibility index (Phi) is 15.0. The van der Waals surface area contributed by atoms with Crippen LogP contribution in [0.5, 0.6) is 0 Å². The number of hydrogen-bond donors (Lipinski definition) is 0. The Bertz CT molecular complexity index is 2120. The summed E-state index contributed by atoms with van der Waals surface area (Å²) < 4.78 is 66.3. The number of fused-ring (bicyclic) bond motifs is 3. The third-order valence-corrected chi connectivity index (χ3v) is 10.8. The fraction of sp³-hybridized carbons (Fsp3) is 0.200. The summed E-state index contributed by atoms with van der Waals surface area (Å²) in [6, 6.07) is 37.4. The Morgan fingerprint density at radius 2 is 0.981 bits per heavy atom. The van der Waals surface area contributed by atoms with Crippen LogP contribution in [-0.2, 0) is 34.7 Å². The number of allylic oxidation sites excluding steroid dienone is 4. The third-order valence-electron chi connectivity index (χ3n) is 8.74. The first-order valence-electron chi connectivity index (χ1n) is 16.7. The van der Waals surface area contributed by atoms with Crippen LogP contribution in [-0.4, -0.2) is 3.26 Å². The Hall–Kier alpha value is -3.58. The Morgan fingerprint density at radius 3 is 1.34 bits per heavy atom. The van der Waals surface area contributed by atoms with Gasteiger partial charge >= 0.3 is 98.9 Å². The van der Waals surface area contributed by atoms with Gasteiger partial charge in [-0.3, -0.25) is 0 Å². The Morgan fingerprint density at radius 1 is 0.585 bits per heavy atom. The first-order chi connectivity index (χ1) is 24.1. The maximum atomic E-state index is 13.2. The van der Waals surface area contributed by atoms with Gasteiger partial charge in [0.1, 0.15) is 11.6 Å². The van der Waals surface area contributed by atoms with Crippen molar-refractivity contribution in [2.24, 2.45) is 0 Å². The van der Waals surface area contributed by atoms with Crippen LogP contribution < -0.4 is 0 Å². The molecule has 0 N–H and O–H groups in total. The molecule has 0 aromatic heterocycles. The predicted octanol–water partition coefficient (Wildman–Crippen LogP) is 13.5. The predicted molar refractivity (Wildman–Crippen MR) is 212 cm³/mol. The summed E-state index contributed by atoms with van der Waals surface area (Å²) in [6.45, 7) is 13.6. The molecule has 0 heterocycles. The van der Waals surface area contributed by atoms with Gasteiger partial charge < -0.3 is 0 Å². The summed E-state index contributed by atoms with van der Waals surface area (Å²) in [5, 5.41) is 5.48. The van der Waals surface area contributed by atoms with E-state index in [1.165, 1.54) is 59.2 Å². The van der Waals surface area contributed by atoms with E-state index in [1.807, 2.05) is 0 Å². The molecule has 53 heavy (non-hydrogen) atoms. The van der Waals surface area contributed by atoms with E-state index in [9.17, 15) is 22.0 Å². The van der Waals surface area contributed by atoms with Crippen molar-refractivity contribution in [2.45, 2.75) is 58.8 Å². The summed E-state index contributed by atoms with van der Waals surface area (Å²) in [5.41, 5.74) is 4.87. The van der Waals surface area contributed by atoms with Gasteiger partial charge in [-0.05, 0) is 10.8 Å². The van der Waals surface area contributed by atoms with Crippen LogP contribution in [0.2, 0.25) is 0 Å². The van der Waals surface area contributed by atoms with E-state index in [2.05, 4.69) is 151 Å². The van der Waals surface area contributed by atoms with Crippen molar-refractivity contribution in [1.29, 1.82) is 0 Å². The summed E-state index contributed by atoms with van der Waals surface area (Å²) in [7, 11) is 0. The summed E-state index contributed by atoms with van der Waals surface area (Å²) in [4.78, 5) is 0. The van der Waals surface area contributed by atoms with Crippen LogP contribution in [0, 0.1) is 35.2 Å². The molecule has 7 rings (SSSR count). The second-order valence-electron chi connectivity index (χ2n) is 14.5. The fourth-order valence-corrected chi connectivity index (χ4v) is 6.95.